The third kappa shape index (κ3) is 5.35. The Balaban J connectivity index is 0.000000224. The lowest BCUT2D eigenvalue weighted by molar-refractivity contribution is -0.180. The van der Waals surface area contributed by atoms with Crippen LogP contribution in [0.25, 0.3) is 0 Å². The fourth-order valence-corrected chi connectivity index (χ4v) is 8.54. The van der Waals surface area contributed by atoms with E-state index in [4.69, 9.17) is 0 Å². The summed E-state index contributed by atoms with van der Waals surface area (Å²) in [6.07, 6.45) is 5.47. The molecule has 9 nitrogen and oxygen atoms in total. The Kier molecular flexibility index (Phi) is 8.88. The number of Topliss-reactive ketones (excluding diaryl/α,β-unsaturated/α-hetero) is 2. The van der Waals surface area contributed by atoms with Crippen molar-refractivity contribution < 1.29 is 39.2 Å². The van der Waals surface area contributed by atoms with Crippen molar-refractivity contribution in [1.82, 2.24) is 5.32 Å². The van der Waals surface area contributed by atoms with Gasteiger partial charge in [0.15, 0.2) is 12.5 Å². The largest absolute Gasteiger partial charge is 0.445 e. The van der Waals surface area contributed by atoms with Crippen LogP contribution < -0.4 is 5.32 Å². The molecule has 0 heterocycles. The van der Waals surface area contributed by atoms with Crippen molar-refractivity contribution in [3.63, 3.8) is 0 Å². The lowest BCUT2D eigenvalue weighted by Gasteiger charge is -2.60. The second-order valence-electron chi connectivity index (χ2n) is 12.6. The van der Waals surface area contributed by atoms with Gasteiger partial charge in [-0.3, -0.25) is 19.2 Å². The standard InChI is InChI=1S/C21H32O5.C10H11NO3/c1-19-7-5-13(23)9-12(19)3-4-14-15-6-8-21(26,17(25)11-22)20(15,2)10-16(24)18(14)19;1-8(12)14-7-11-10(13)9-5-3-2-4-6-9/h12-15,18,22-23,26H,3-11H2,1-2H3;2-6H,7H2,1H3,(H,11,13)/t12-,13-,14+,15+,18-,19+,20+,21+;/m1./s1. The van der Waals surface area contributed by atoms with Crippen LogP contribution in [0.2, 0.25) is 0 Å². The quantitative estimate of drug-likeness (QED) is 0.319. The summed E-state index contributed by atoms with van der Waals surface area (Å²) in [7, 11) is 0. The third-order valence-electron chi connectivity index (χ3n) is 10.6. The number of amides is 1. The smallest absolute Gasteiger partial charge is 0.304 e. The van der Waals surface area contributed by atoms with Crippen LogP contribution in [0.15, 0.2) is 30.3 Å². The van der Waals surface area contributed by atoms with E-state index in [0.29, 0.717) is 17.9 Å². The van der Waals surface area contributed by atoms with E-state index in [9.17, 15) is 34.5 Å². The monoisotopic (exact) mass is 557 g/mol. The minimum Gasteiger partial charge on any atom is -0.445 e. The Bertz CT molecular complexity index is 1120. The Hall–Kier alpha value is -2.62. The van der Waals surface area contributed by atoms with E-state index in [1.165, 1.54) is 6.92 Å². The fourth-order valence-electron chi connectivity index (χ4n) is 8.54. The summed E-state index contributed by atoms with van der Waals surface area (Å²) >= 11 is 0. The molecule has 0 saturated heterocycles. The topological polar surface area (TPSA) is 150 Å². The van der Waals surface area contributed by atoms with Crippen LogP contribution >= 0.6 is 0 Å². The average Bonchev–Trinajstić information content (AvgIpc) is 3.19. The molecule has 4 aliphatic carbocycles. The van der Waals surface area contributed by atoms with Crippen molar-refractivity contribution in [1.29, 1.82) is 0 Å². The number of benzene rings is 1. The van der Waals surface area contributed by atoms with Gasteiger partial charge in [-0.05, 0) is 80.2 Å². The van der Waals surface area contributed by atoms with Crippen LogP contribution in [0.3, 0.4) is 0 Å². The predicted octanol–water partition coefficient (Wildman–Crippen LogP) is 2.80. The number of nitrogens with one attached hydrogen (secondary N) is 1. The molecular formula is C31H43NO8. The van der Waals surface area contributed by atoms with Gasteiger partial charge in [0.25, 0.3) is 5.91 Å². The van der Waals surface area contributed by atoms with Gasteiger partial charge in [-0.25, -0.2) is 0 Å². The molecule has 4 saturated carbocycles. The van der Waals surface area contributed by atoms with E-state index in [0.717, 1.165) is 38.5 Å². The van der Waals surface area contributed by atoms with E-state index in [2.05, 4.69) is 17.0 Å². The zero-order valence-electron chi connectivity index (χ0n) is 23.7. The van der Waals surface area contributed by atoms with Gasteiger partial charge in [-0.2, -0.15) is 0 Å². The number of fused-ring (bicyclic) bond motifs is 5. The molecule has 40 heavy (non-hydrogen) atoms. The van der Waals surface area contributed by atoms with Crippen LogP contribution in [0.5, 0.6) is 0 Å². The second kappa shape index (κ2) is 11.7. The molecule has 9 heteroatoms. The number of carbonyl (C=O) groups excluding carboxylic acids is 4. The van der Waals surface area contributed by atoms with E-state index < -0.39 is 29.4 Å². The molecule has 4 N–H and O–H groups in total. The number of carbonyl (C=O) groups is 4. The van der Waals surface area contributed by atoms with Crippen molar-refractivity contribution in [2.45, 2.75) is 83.8 Å². The number of hydrogen-bond donors (Lipinski definition) is 4. The molecule has 0 unspecified atom stereocenters. The first-order valence-corrected chi connectivity index (χ1v) is 14.4. The van der Waals surface area contributed by atoms with Crippen molar-refractivity contribution in [3.8, 4) is 0 Å². The van der Waals surface area contributed by atoms with Crippen LogP contribution in [-0.2, 0) is 19.1 Å². The molecule has 5 rings (SSSR count). The number of aliphatic hydroxyl groups excluding tert-OH is 2. The summed E-state index contributed by atoms with van der Waals surface area (Å²) in [5.41, 5.74) is -1.86. The number of ketones is 2. The maximum atomic E-state index is 13.4. The lowest BCUT2D eigenvalue weighted by atomic mass is 9.44. The summed E-state index contributed by atoms with van der Waals surface area (Å²) in [5, 5.41) is 33.1. The van der Waals surface area contributed by atoms with Crippen LogP contribution in [-0.4, -0.2) is 63.8 Å². The molecule has 0 aliphatic heterocycles. The van der Waals surface area contributed by atoms with E-state index >= 15 is 0 Å². The molecule has 1 aromatic carbocycles. The number of ether oxygens (including phenoxy) is 1. The predicted molar refractivity (Wildman–Crippen MR) is 146 cm³/mol. The van der Waals surface area contributed by atoms with Gasteiger partial charge in [0.2, 0.25) is 0 Å². The molecule has 1 aromatic rings. The number of aliphatic hydroxyl groups is 3. The van der Waals surface area contributed by atoms with Crippen molar-refractivity contribution in [2.24, 2.45) is 34.5 Å². The van der Waals surface area contributed by atoms with Gasteiger partial charge in [-0.1, -0.05) is 32.0 Å². The zero-order chi connectivity index (χ0) is 29.3. The summed E-state index contributed by atoms with van der Waals surface area (Å²) in [6, 6.07) is 8.72. The Morgan fingerprint density at radius 3 is 2.40 bits per heavy atom. The van der Waals surface area contributed by atoms with Crippen molar-refractivity contribution in [3.05, 3.63) is 35.9 Å². The highest BCUT2D eigenvalue weighted by atomic mass is 16.5. The van der Waals surface area contributed by atoms with Crippen molar-refractivity contribution >= 4 is 23.4 Å². The van der Waals surface area contributed by atoms with Gasteiger partial charge >= 0.3 is 5.97 Å². The molecule has 0 aromatic heterocycles. The molecule has 4 aliphatic rings. The summed E-state index contributed by atoms with van der Waals surface area (Å²) in [4.78, 5) is 47.4. The molecule has 0 spiro atoms. The number of esters is 1. The van der Waals surface area contributed by atoms with Gasteiger partial charge < -0.3 is 25.4 Å². The highest BCUT2D eigenvalue weighted by molar-refractivity contribution is 5.94. The third-order valence-corrected chi connectivity index (χ3v) is 10.6. The fraction of sp³-hybridized carbons (Fsp3) is 0.677. The minimum atomic E-state index is -1.58. The maximum absolute atomic E-state index is 13.4. The number of hydrogen-bond acceptors (Lipinski definition) is 8. The first-order valence-electron chi connectivity index (χ1n) is 14.4. The van der Waals surface area contributed by atoms with Gasteiger partial charge in [-0.15, -0.1) is 0 Å². The molecule has 4 fully saturated rings. The first-order chi connectivity index (χ1) is 18.9. The normalized spacial score (nSPS) is 38.0. The maximum Gasteiger partial charge on any atom is 0.304 e. The highest BCUT2D eigenvalue weighted by Crippen LogP contribution is 2.67. The first kappa shape index (κ1) is 30.3. The second-order valence-corrected chi connectivity index (χ2v) is 12.6. The molecule has 0 radical (unpaired) electrons. The molecule has 0 bridgehead atoms. The Morgan fingerprint density at radius 1 is 1.05 bits per heavy atom. The zero-order valence-corrected chi connectivity index (χ0v) is 23.7. The average molecular weight is 558 g/mol. The van der Waals surface area contributed by atoms with Gasteiger partial charge in [0, 0.05) is 30.2 Å². The summed E-state index contributed by atoms with van der Waals surface area (Å²) in [6.45, 7) is 4.66. The highest BCUT2D eigenvalue weighted by Gasteiger charge is 2.68. The minimum absolute atomic E-state index is 0.0154. The Labute approximate surface area is 235 Å². The van der Waals surface area contributed by atoms with E-state index in [1.54, 1.807) is 24.3 Å². The van der Waals surface area contributed by atoms with Crippen LogP contribution in [0.4, 0.5) is 0 Å². The molecule has 8 atom stereocenters. The summed E-state index contributed by atoms with van der Waals surface area (Å²) < 4.78 is 4.56. The lowest BCUT2D eigenvalue weighted by Crippen LogP contribution is -2.62. The molecule has 1 amide bonds. The SMILES string of the molecule is CC(=O)OCNC(=O)c1ccccc1.C[C@]12CC[C@@H](O)C[C@H]1CC[C@@H]1[C@@H]2C(=O)C[C@@]2(C)[C@H]1CC[C@]2(O)C(=O)CO. The molecule has 220 valence electrons. The summed E-state index contributed by atoms with van der Waals surface area (Å²) in [5.74, 6) is -0.296. The van der Waals surface area contributed by atoms with Crippen LogP contribution in [0.1, 0.15) is 82.5 Å². The van der Waals surface area contributed by atoms with Crippen LogP contribution in [0, 0.1) is 34.5 Å². The van der Waals surface area contributed by atoms with E-state index in [1.807, 2.05) is 13.0 Å². The number of rotatable bonds is 5. The van der Waals surface area contributed by atoms with E-state index in [-0.39, 0.29) is 54.1 Å². The Morgan fingerprint density at radius 2 is 1.75 bits per heavy atom. The van der Waals surface area contributed by atoms with Gasteiger partial charge in [0.1, 0.15) is 18.0 Å². The van der Waals surface area contributed by atoms with Crippen molar-refractivity contribution in [2.75, 3.05) is 13.3 Å². The molecular weight excluding hydrogens is 514 g/mol. The van der Waals surface area contributed by atoms with Gasteiger partial charge in [0.05, 0.1) is 6.10 Å².